The van der Waals surface area contributed by atoms with Gasteiger partial charge in [0.05, 0.1) is 17.0 Å². The smallest absolute Gasteiger partial charge is 0.269 e. The van der Waals surface area contributed by atoms with Crippen molar-refractivity contribution in [1.82, 2.24) is 4.90 Å². The predicted molar refractivity (Wildman–Crippen MR) is 102 cm³/mol. The zero-order valence-electron chi connectivity index (χ0n) is 14.6. The van der Waals surface area contributed by atoms with Crippen molar-refractivity contribution in [2.45, 2.75) is 18.6 Å². The van der Waals surface area contributed by atoms with Crippen molar-refractivity contribution in [3.63, 3.8) is 0 Å². The third kappa shape index (κ3) is 3.50. The van der Waals surface area contributed by atoms with E-state index in [2.05, 4.69) is 4.90 Å². The molecule has 1 heterocycles. The van der Waals surface area contributed by atoms with Gasteiger partial charge in [-0.05, 0) is 11.1 Å². The molecule has 1 aliphatic rings. The summed E-state index contributed by atoms with van der Waals surface area (Å²) in [6, 6.07) is 25.4. The number of nitrogens with zero attached hydrogens (tertiary/aromatic N) is 2. The van der Waals surface area contributed by atoms with Gasteiger partial charge in [-0.25, -0.2) is 0 Å². The summed E-state index contributed by atoms with van der Waals surface area (Å²) in [5.41, 5.74) is 2.79. The molecule has 0 aromatic heterocycles. The summed E-state index contributed by atoms with van der Waals surface area (Å²) in [7, 11) is 0. The number of nitro groups is 1. The third-order valence-electron chi connectivity index (χ3n) is 4.90. The standard InChI is InChI=1S/C22H18N2O3/c25-22(18-9-5-2-6-10-18)21-20(17-11-13-19(14-12-17)24(26)27)23(21)15-16-7-3-1-4-8-16/h1-14,20-21H,15H2/t20-,21+,23?/m0/s1. The van der Waals surface area contributed by atoms with E-state index in [1.54, 1.807) is 12.1 Å². The summed E-state index contributed by atoms with van der Waals surface area (Å²) in [5, 5.41) is 10.9. The summed E-state index contributed by atoms with van der Waals surface area (Å²) >= 11 is 0. The number of nitro benzene ring substituents is 1. The van der Waals surface area contributed by atoms with Crippen LogP contribution in [0, 0.1) is 10.1 Å². The lowest BCUT2D eigenvalue weighted by Crippen LogP contribution is -2.13. The molecule has 5 nitrogen and oxygen atoms in total. The maximum Gasteiger partial charge on any atom is 0.269 e. The third-order valence-corrected chi connectivity index (χ3v) is 4.90. The summed E-state index contributed by atoms with van der Waals surface area (Å²) in [5.74, 6) is 0.0786. The number of hydrogen-bond acceptors (Lipinski definition) is 4. The van der Waals surface area contributed by atoms with E-state index in [9.17, 15) is 14.9 Å². The zero-order valence-corrected chi connectivity index (χ0v) is 14.6. The molecule has 0 radical (unpaired) electrons. The lowest BCUT2D eigenvalue weighted by Gasteiger charge is -2.04. The normalized spacial score (nSPS) is 20.8. The fraction of sp³-hybridized carbons (Fsp3) is 0.136. The van der Waals surface area contributed by atoms with Gasteiger partial charge >= 0.3 is 0 Å². The van der Waals surface area contributed by atoms with E-state index < -0.39 is 4.92 Å². The maximum atomic E-state index is 13.0. The molecule has 27 heavy (non-hydrogen) atoms. The Bertz CT molecular complexity index is 956. The molecule has 1 fully saturated rings. The quantitative estimate of drug-likeness (QED) is 0.283. The first kappa shape index (κ1) is 17.1. The van der Waals surface area contributed by atoms with Crippen LogP contribution in [0.1, 0.15) is 27.5 Å². The molecule has 0 amide bonds. The van der Waals surface area contributed by atoms with Gasteiger partial charge in [0, 0.05) is 24.2 Å². The molecule has 5 heteroatoms. The number of carbonyl (C=O) groups is 1. The number of rotatable bonds is 6. The van der Waals surface area contributed by atoms with Crippen molar-refractivity contribution in [3.05, 3.63) is 112 Å². The van der Waals surface area contributed by atoms with Crippen LogP contribution in [0.3, 0.4) is 0 Å². The second-order valence-electron chi connectivity index (χ2n) is 6.63. The molecular weight excluding hydrogens is 340 g/mol. The fourth-order valence-electron chi connectivity index (χ4n) is 3.50. The second kappa shape index (κ2) is 7.13. The van der Waals surface area contributed by atoms with Crippen LogP contribution in [0.2, 0.25) is 0 Å². The zero-order chi connectivity index (χ0) is 18.8. The Balaban J connectivity index is 1.62. The van der Waals surface area contributed by atoms with Crippen molar-refractivity contribution < 1.29 is 9.72 Å². The summed E-state index contributed by atoms with van der Waals surface area (Å²) < 4.78 is 0. The first-order valence-corrected chi connectivity index (χ1v) is 8.78. The van der Waals surface area contributed by atoms with Crippen molar-refractivity contribution in [2.24, 2.45) is 0 Å². The Labute approximate surface area is 157 Å². The van der Waals surface area contributed by atoms with E-state index in [1.807, 2.05) is 60.7 Å². The molecule has 1 aliphatic heterocycles. The van der Waals surface area contributed by atoms with Crippen LogP contribution in [0.5, 0.6) is 0 Å². The van der Waals surface area contributed by atoms with E-state index in [-0.39, 0.29) is 23.6 Å². The molecular formula is C22H18N2O3. The largest absolute Gasteiger partial charge is 0.292 e. The van der Waals surface area contributed by atoms with Crippen LogP contribution in [-0.4, -0.2) is 21.6 Å². The molecule has 0 bridgehead atoms. The molecule has 4 rings (SSSR count). The van der Waals surface area contributed by atoms with Gasteiger partial charge in [0.25, 0.3) is 5.69 Å². The van der Waals surface area contributed by atoms with Gasteiger partial charge < -0.3 is 0 Å². The molecule has 0 aliphatic carbocycles. The number of carbonyl (C=O) groups excluding carboxylic acids is 1. The first-order valence-electron chi connectivity index (χ1n) is 8.78. The van der Waals surface area contributed by atoms with E-state index in [0.29, 0.717) is 12.1 Å². The highest BCUT2D eigenvalue weighted by atomic mass is 16.6. The molecule has 0 saturated carbocycles. The van der Waals surface area contributed by atoms with Crippen LogP contribution < -0.4 is 0 Å². The van der Waals surface area contributed by atoms with Gasteiger partial charge in [-0.3, -0.25) is 19.8 Å². The molecule has 3 aromatic carbocycles. The Morgan fingerprint density at radius 2 is 1.48 bits per heavy atom. The SMILES string of the molecule is O=C(c1ccccc1)[C@H]1[C@H](c2ccc([N+](=O)[O-])cc2)N1Cc1ccccc1. The van der Waals surface area contributed by atoms with E-state index in [1.165, 1.54) is 12.1 Å². The number of hydrogen-bond donors (Lipinski definition) is 0. The number of non-ortho nitro benzene ring substituents is 1. The number of benzene rings is 3. The summed E-state index contributed by atoms with van der Waals surface area (Å²) in [6.07, 6.45) is 0. The number of Topliss-reactive ketones (excluding diaryl/α,β-unsaturated/α-hetero) is 1. The van der Waals surface area contributed by atoms with Gasteiger partial charge in [0.15, 0.2) is 5.78 Å². The average Bonchev–Trinajstić information content (AvgIpc) is 3.42. The van der Waals surface area contributed by atoms with Crippen molar-refractivity contribution in [2.75, 3.05) is 0 Å². The Kier molecular flexibility index (Phi) is 4.52. The van der Waals surface area contributed by atoms with Gasteiger partial charge in [-0.15, -0.1) is 0 Å². The number of ketones is 1. The first-order chi connectivity index (χ1) is 13.1. The Hall–Kier alpha value is -3.31. The molecule has 1 unspecified atom stereocenters. The van der Waals surface area contributed by atoms with E-state index in [4.69, 9.17) is 0 Å². The molecule has 0 spiro atoms. The van der Waals surface area contributed by atoms with Crippen LogP contribution in [-0.2, 0) is 6.54 Å². The van der Waals surface area contributed by atoms with Crippen LogP contribution in [0.4, 0.5) is 5.69 Å². The van der Waals surface area contributed by atoms with Crippen LogP contribution in [0.15, 0.2) is 84.9 Å². The van der Waals surface area contributed by atoms with Gasteiger partial charge in [-0.2, -0.15) is 0 Å². The van der Waals surface area contributed by atoms with Gasteiger partial charge in [0.1, 0.15) is 0 Å². The molecule has 134 valence electrons. The van der Waals surface area contributed by atoms with Crippen molar-refractivity contribution >= 4 is 11.5 Å². The van der Waals surface area contributed by atoms with E-state index in [0.717, 1.165) is 11.1 Å². The molecule has 0 N–H and O–H groups in total. The van der Waals surface area contributed by atoms with Gasteiger partial charge in [-0.1, -0.05) is 72.8 Å². The van der Waals surface area contributed by atoms with Crippen molar-refractivity contribution in [3.8, 4) is 0 Å². The van der Waals surface area contributed by atoms with Crippen LogP contribution >= 0.6 is 0 Å². The minimum absolute atomic E-state index is 0.0555. The topological polar surface area (TPSA) is 63.2 Å². The molecule has 1 saturated heterocycles. The Morgan fingerprint density at radius 3 is 2.07 bits per heavy atom. The second-order valence-corrected chi connectivity index (χ2v) is 6.63. The molecule has 3 aromatic rings. The lowest BCUT2D eigenvalue weighted by molar-refractivity contribution is -0.384. The van der Waals surface area contributed by atoms with E-state index >= 15 is 0 Å². The minimum atomic E-state index is -0.412. The monoisotopic (exact) mass is 358 g/mol. The average molecular weight is 358 g/mol. The maximum absolute atomic E-state index is 13.0. The summed E-state index contributed by atoms with van der Waals surface area (Å²) in [4.78, 5) is 25.6. The van der Waals surface area contributed by atoms with Crippen molar-refractivity contribution in [1.29, 1.82) is 0 Å². The van der Waals surface area contributed by atoms with Crippen LogP contribution in [0.25, 0.3) is 0 Å². The highest BCUT2D eigenvalue weighted by molar-refractivity contribution is 6.02. The minimum Gasteiger partial charge on any atom is -0.292 e. The predicted octanol–water partition coefficient (Wildman–Crippen LogP) is 4.40. The molecule has 3 atom stereocenters. The van der Waals surface area contributed by atoms with Gasteiger partial charge in [0.2, 0.25) is 0 Å². The highest BCUT2D eigenvalue weighted by Gasteiger charge is 2.52. The fourth-order valence-corrected chi connectivity index (χ4v) is 3.50. The Morgan fingerprint density at radius 1 is 0.889 bits per heavy atom. The highest BCUT2D eigenvalue weighted by Crippen LogP contribution is 2.46. The lowest BCUT2D eigenvalue weighted by atomic mass is 10.0. The summed E-state index contributed by atoms with van der Waals surface area (Å²) in [6.45, 7) is 0.658.